The molecular formula is C10H15NO2. The van der Waals surface area contributed by atoms with E-state index in [-0.39, 0.29) is 4.92 Å². The predicted octanol–water partition coefficient (Wildman–Crippen LogP) is 2.54. The van der Waals surface area contributed by atoms with E-state index in [2.05, 4.69) is 13.0 Å². The van der Waals surface area contributed by atoms with Crippen LogP contribution in [0.1, 0.15) is 39.0 Å². The van der Waals surface area contributed by atoms with E-state index in [1.807, 2.05) is 0 Å². The number of rotatable bonds is 1. The van der Waals surface area contributed by atoms with Crippen LogP contribution in [0.4, 0.5) is 0 Å². The summed E-state index contributed by atoms with van der Waals surface area (Å²) in [6, 6.07) is 0. The summed E-state index contributed by atoms with van der Waals surface area (Å²) in [5, 5.41) is 11.0. The topological polar surface area (TPSA) is 43.1 Å². The van der Waals surface area contributed by atoms with E-state index in [1.54, 1.807) is 0 Å². The van der Waals surface area contributed by atoms with Gasteiger partial charge in [-0.3, -0.25) is 10.1 Å². The Bertz CT molecular complexity index is 272. The molecule has 0 saturated heterocycles. The summed E-state index contributed by atoms with van der Waals surface area (Å²) in [7, 11) is 0. The summed E-state index contributed by atoms with van der Waals surface area (Å²) in [6.45, 7) is 2.09. The lowest BCUT2D eigenvalue weighted by Crippen LogP contribution is -2.43. The summed E-state index contributed by atoms with van der Waals surface area (Å²) >= 11 is 0. The van der Waals surface area contributed by atoms with Crippen LogP contribution in [0.2, 0.25) is 0 Å². The van der Waals surface area contributed by atoms with Gasteiger partial charge in [0, 0.05) is 23.7 Å². The van der Waals surface area contributed by atoms with Crippen molar-refractivity contribution >= 4 is 0 Å². The third kappa shape index (κ3) is 1.18. The second-order valence-corrected chi connectivity index (χ2v) is 4.41. The van der Waals surface area contributed by atoms with Crippen LogP contribution in [0.25, 0.3) is 0 Å². The highest BCUT2D eigenvalue weighted by Gasteiger charge is 2.53. The molecule has 0 heterocycles. The number of hydrogen-bond acceptors (Lipinski definition) is 2. The van der Waals surface area contributed by atoms with Gasteiger partial charge in [0.05, 0.1) is 0 Å². The third-order valence-electron chi connectivity index (χ3n) is 3.66. The summed E-state index contributed by atoms with van der Waals surface area (Å²) < 4.78 is 0. The minimum Gasteiger partial charge on any atom is -0.264 e. The maximum Gasteiger partial charge on any atom is 0.228 e. The van der Waals surface area contributed by atoms with Gasteiger partial charge in [-0.25, -0.2) is 0 Å². The maximum atomic E-state index is 11.0. The zero-order valence-corrected chi connectivity index (χ0v) is 7.95. The number of nitro groups is 1. The molecule has 2 aliphatic carbocycles. The van der Waals surface area contributed by atoms with Crippen molar-refractivity contribution in [3.05, 3.63) is 21.8 Å². The van der Waals surface area contributed by atoms with Gasteiger partial charge in [-0.1, -0.05) is 11.6 Å². The highest BCUT2D eigenvalue weighted by atomic mass is 16.6. The number of nitrogens with zero attached hydrogens (tertiary/aromatic N) is 1. The molecule has 0 amide bonds. The van der Waals surface area contributed by atoms with Crippen molar-refractivity contribution < 1.29 is 4.92 Å². The number of hydrogen-bond donors (Lipinski definition) is 0. The lowest BCUT2D eigenvalue weighted by Gasteiger charge is -2.30. The van der Waals surface area contributed by atoms with Crippen molar-refractivity contribution in [3.63, 3.8) is 0 Å². The number of fused-ring (bicyclic) bond motifs is 1. The van der Waals surface area contributed by atoms with Gasteiger partial charge in [0.2, 0.25) is 5.54 Å². The van der Waals surface area contributed by atoms with Gasteiger partial charge in [0.1, 0.15) is 0 Å². The molecule has 0 aromatic carbocycles. The van der Waals surface area contributed by atoms with Crippen LogP contribution in [-0.4, -0.2) is 10.5 Å². The van der Waals surface area contributed by atoms with Gasteiger partial charge in [-0.2, -0.15) is 0 Å². The van der Waals surface area contributed by atoms with Crippen LogP contribution in [0.3, 0.4) is 0 Å². The molecule has 1 saturated carbocycles. The fourth-order valence-corrected chi connectivity index (χ4v) is 2.83. The molecule has 2 aliphatic rings. The third-order valence-corrected chi connectivity index (χ3v) is 3.66. The van der Waals surface area contributed by atoms with E-state index in [1.165, 1.54) is 5.57 Å². The first-order valence-electron chi connectivity index (χ1n) is 4.95. The fraction of sp³-hybridized carbons (Fsp3) is 0.800. The molecule has 0 N–H and O–H groups in total. The monoisotopic (exact) mass is 181 g/mol. The maximum absolute atomic E-state index is 11.0. The van der Waals surface area contributed by atoms with Gasteiger partial charge in [0.25, 0.3) is 0 Å². The lowest BCUT2D eigenvalue weighted by atomic mass is 9.76. The van der Waals surface area contributed by atoms with E-state index < -0.39 is 5.54 Å². The second kappa shape index (κ2) is 2.82. The molecule has 0 radical (unpaired) electrons. The van der Waals surface area contributed by atoms with E-state index in [0.29, 0.717) is 12.3 Å². The van der Waals surface area contributed by atoms with Crippen LogP contribution < -0.4 is 0 Å². The SMILES string of the molecule is CC1=CC[C@]2([N+](=O)[O-])CCC[C@@H]2C1. The van der Waals surface area contributed by atoms with Crippen molar-refractivity contribution in [2.75, 3.05) is 0 Å². The van der Waals surface area contributed by atoms with E-state index in [0.717, 1.165) is 25.7 Å². The molecule has 0 unspecified atom stereocenters. The van der Waals surface area contributed by atoms with Crippen LogP contribution >= 0.6 is 0 Å². The van der Waals surface area contributed by atoms with Gasteiger partial charge in [-0.15, -0.1) is 0 Å². The largest absolute Gasteiger partial charge is 0.264 e. The molecular weight excluding hydrogens is 166 g/mol. The molecule has 3 nitrogen and oxygen atoms in total. The minimum absolute atomic E-state index is 0.0202. The Hall–Kier alpha value is -0.860. The Labute approximate surface area is 78.0 Å². The standard InChI is InChI=1S/C10H15NO2/c1-8-4-6-10(11(12)13)5-2-3-9(10)7-8/h4,9H,2-3,5-7H2,1H3/t9-,10-/m1/s1. The molecule has 0 aliphatic heterocycles. The molecule has 1 fully saturated rings. The summed E-state index contributed by atoms with van der Waals surface area (Å²) in [6.07, 6.45) is 6.54. The van der Waals surface area contributed by atoms with Gasteiger partial charge >= 0.3 is 0 Å². The quantitative estimate of drug-likeness (QED) is 0.354. The summed E-state index contributed by atoms with van der Waals surface area (Å²) in [5.74, 6) is 0.312. The molecule has 13 heavy (non-hydrogen) atoms. The number of allylic oxidation sites excluding steroid dienone is 1. The van der Waals surface area contributed by atoms with Crippen molar-refractivity contribution in [1.29, 1.82) is 0 Å². The highest BCUT2D eigenvalue weighted by molar-refractivity contribution is 5.13. The molecule has 72 valence electrons. The Morgan fingerprint density at radius 3 is 3.15 bits per heavy atom. The van der Waals surface area contributed by atoms with Crippen LogP contribution in [0.5, 0.6) is 0 Å². The van der Waals surface area contributed by atoms with Gasteiger partial charge in [-0.05, 0) is 26.2 Å². The van der Waals surface area contributed by atoms with E-state index in [9.17, 15) is 10.1 Å². The summed E-state index contributed by atoms with van der Waals surface area (Å²) in [4.78, 5) is 11.0. The minimum atomic E-state index is -0.584. The van der Waals surface area contributed by atoms with E-state index >= 15 is 0 Å². The second-order valence-electron chi connectivity index (χ2n) is 4.41. The van der Waals surface area contributed by atoms with Crippen LogP contribution in [0, 0.1) is 16.0 Å². The molecule has 2 atom stereocenters. The lowest BCUT2D eigenvalue weighted by molar-refractivity contribution is -0.577. The molecule has 0 spiro atoms. The molecule has 0 aromatic heterocycles. The van der Waals surface area contributed by atoms with Crippen molar-refractivity contribution in [3.8, 4) is 0 Å². The Morgan fingerprint density at radius 2 is 2.46 bits per heavy atom. The smallest absolute Gasteiger partial charge is 0.228 e. The van der Waals surface area contributed by atoms with Gasteiger partial charge in [0.15, 0.2) is 0 Å². The predicted molar refractivity (Wildman–Crippen MR) is 50.1 cm³/mol. The highest BCUT2D eigenvalue weighted by Crippen LogP contribution is 2.46. The Morgan fingerprint density at radius 1 is 1.69 bits per heavy atom. The first-order chi connectivity index (χ1) is 6.15. The normalized spacial score (nSPS) is 38.2. The first kappa shape index (κ1) is 8.73. The Kier molecular flexibility index (Phi) is 1.90. The molecule has 0 aromatic rings. The van der Waals surface area contributed by atoms with Crippen molar-refractivity contribution in [2.24, 2.45) is 5.92 Å². The zero-order chi connectivity index (χ0) is 9.47. The van der Waals surface area contributed by atoms with Crippen molar-refractivity contribution in [2.45, 2.75) is 44.6 Å². The fourth-order valence-electron chi connectivity index (χ4n) is 2.83. The van der Waals surface area contributed by atoms with E-state index in [4.69, 9.17) is 0 Å². The summed E-state index contributed by atoms with van der Waals surface area (Å²) in [5.41, 5.74) is 0.754. The molecule has 2 rings (SSSR count). The van der Waals surface area contributed by atoms with Crippen LogP contribution in [0.15, 0.2) is 11.6 Å². The van der Waals surface area contributed by atoms with Crippen molar-refractivity contribution in [1.82, 2.24) is 0 Å². The average molecular weight is 181 g/mol. The average Bonchev–Trinajstić information content (AvgIpc) is 2.48. The van der Waals surface area contributed by atoms with Crippen LogP contribution in [-0.2, 0) is 0 Å². The Balaban J connectivity index is 2.30. The zero-order valence-electron chi connectivity index (χ0n) is 7.95. The first-order valence-corrected chi connectivity index (χ1v) is 4.95. The molecule has 0 bridgehead atoms. The molecule has 3 heteroatoms. The van der Waals surface area contributed by atoms with Gasteiger partial charge < -0.3 is 0 Å².